The SMILES string of the molecule is Cc1cc(C(=O)c2cccc(Cl)c2)sc1Cl. The maximum Gasteiger partial charge on any atom is 0.203 e. The number of aryl methyl sites for hydroxylation is 1. The van der Waals surface area contributed by atoms with Crippen molar-refractivity contribution >= 4 is 40.3 Å². The zero-order chi connectivity index (χ0) is 11.7. The van der Waals surface area contributed by atoms with Gasteiger partial charge >= 0.3 is 0 Å². The highest BCUT2D eigenvalue weighted by Gasteiger charge is 2.13. The van der Waals surface area contributed by atoms with E-state index >= 15 is 0 Å². The first-order valence-corrected chi connectivity index (χ1v) is 6.21. The maximum absolute atomic E-state index is 12.1. The molecule has 0 N–H and O–H groups in total. The summed E-state index contributed by atoms with van der Waals surface area (Å²) in [6, 6.07) is 8.71. The summed E-state index contributed by atoms with van der Waals surface area (Å²) in [6.45, 7) is 1.88. The van der Waals surface area contributed by atoms with Crippen molar-refractivity contribution in [2.75, 3.05) is 0 Å². The van der Waals surface area contributed by atoms with E-state index < -0.39 is 0 Å². The maximum atomic E-state index is 12.1. The number of hydrogen-bond donors (Lipinski definition) is 0. The highest BCUT2D eigenvalue weighted by molar-refractivity contribution is 7.18. The van der Waals surface area contributed by atoms with Crippen molar-refractivity contribution in [2.45, 2.75) is 6.92 Å². The lowest BCUT2D eigenvalue weighted by Crippen LogP contribution is -1.97. The van der Waals surface area contributed by atoms with E-state index in [9.17, 15) is 4.79 Å². The Balaban J connectivity index is 2.39. The molecular weight excluding hydrogens is 263 g/mol. The van der Waals surface area contributed by atoms with Crippen molar-refractivity contribution < 1.29 is 4.79 Å². The molecule has 16 heavy (non-hydrogen) atoms. The predicted molar refractivity (Wildman–Crippen MR) is 69.0 cm³/mol. The van der Waals surface area contributed by atoms with E-state index in [0.29, 0.717) is 19.8 Å². The molecule has 4 heteroatoms. The molecule has 2 rings (SSSR count). The lowest BCUT2D eigenvalue weighted by molar-refractivity contribution is 0.104. The van der Waals surface area contributed by atoms with Crippen LogP contribution in [0.2, 0.25) is 9.36 Å². The third-order valence-corrected chi connectivity index (χ3v) is 3.96. The number of carbonyl (C=O) groups is 1. The molecule has 0 atom stereocenters. The first-order chi connectivity index (χ1) is 7.58. The lowest BCUT2D eigenvalue weighted by atomic mass is 10.1. The third kappa shape index (κ3) is 2.29. The molecule has 0 spiro atoms. The molecule has 0 bridgehead atoms. The van der Waals surface area contributed by atoms with Crippen LogP contribution in [0.1, 0.15) is 20.8 Å². The van der Waals surface area contributed by atoms with Crippen LogP contribution in [-0.4, -0.2) is 5.78 Å². The monoisotopic (exact) mass is 270 g/mol. The van der Waals surface area contributed by atoms with E-state index in [0.717, 1.165) is 5.56 Å². The molecule has 0 saturated heterocycles. The first-order valence-electron chi connectivity index (χ1n) is 4.64. The van der Waals surface area contributed by atoms with Crippen LogP contribution in [-0.2, 0) is 0 Å². The summed E-state index contributed by atoms with van der Waals surface area (Å²) in [7, 11) is 0. The van der Waals surface area contributed by atoms with E-state index in [1.807, 2.05) is 6.92 Å². The molecule has 0 radical (unpaired) electrons. The number of ketones is 1. The Morgan fingerprint density at radius 2 is 2.00 bits per heavy atom. The molecule has 0 fully saturated rings. The van der Waals surface area contributed by atoms with Crippen LogP contribution in [0.3, 0.4) is 0 Å². The summed E-state index contributed by atoms with van der Waals surface area (Å²) in [4.78, 5) is 12.7. The van der Waals surface area contributed by atoms with Crippen LogP contribution in [0, 0.1) is 6.92 Å². The van der Waals surface area contributed by atoms with Gasteiger partial charge in [0.1, 0.15) is 0 Å². The topological polar surface area (TPSA) is 17.1 Å². The van der Waals surface area contributed by atoms with Gasteiger partial charge in [-0.25, -0.2) is 0 Å². The van der Waals surface area contributed by atoms with Crippen LogP contribution in [0.25, 0.3) is 0 Å². The zero-order valence-corrected chi connectivity index (χ0v) is 10.8. The van der Waals surface area contributed by atoms with Gasteiger partial charge in [-0.05, 0) is 30.7 Å². The molecule has 0 aliphatic carbocycles. The van der Waals surface area contributed by atoms with E-state index in [2.05, 4.69) is 0 Å². The van der Waals surface area contributed by atoms with E-state index in [1.54, 1.807) is 30.3 Å². The number of hydrogen-bond acceptors (Lipinski definition) is 2. The molecule has 1 aromatic carbocycles. The van der Waals surface area contributed by atoms with Gasteiger partial charge in [0.2, 0.25) is 5.78 Å². The summed E-state index contributed by atoms with van der Waals surface area (Å²) in [5, 5.41) is 0.560. The summed E-state index contributed by atoms with van der Waals surface area (Å²) >= 11 is 13.1. The van der Waals surface area contributed by atoms with Gasteiger partial charge in [0.05, 0.1) is 9.21 Å². The van der Waals surface area contributed by atoms with E-state index in [4.69, 9.17) is 23.2 Å². The second kappa shape index (κ2) is 4.58. The van der Waals surface area contributed by atoms with Crippen molar-refractivity contribution in [3.8, 4) is 0 Å². The quantitative estimate of drug-likeness (QED) is 0.730. The molecule has 0 aliphatic rings. The van der Waals surface area contributed by atoms with Crippen molar-refractivity contribution in [1.29, 1.82) is 0 Å². The van der Waals surface area contributed by atoms with Crippen LogP contribution in [0.5, 0.6) is 0 Å². The van der Waals surface area contributed by atoms with Crippen molar-refractivity contribution in [3.63, 3.8) is 0 Å². The Labute approximate surface area is 108 Å². The summed E-state index contributed by atoms with van der Waals surface area (Å²) < 4.78 is 0.658. The van der Waals surface area contributed by atoms with Gasteiger partial charge in [-0.2, -0.15) is 0 Å². The first kappa shape index (κ1) is 11.6. The van der Waals surface area contributed by atoms with E-state index in [1.165, 1.54) is 11.3 Å². The number of thiophene rings is 1. The summed E-state index contributed by atoms with van der Waals surface area (Å²) in [5.41, 5.74) is 1.52. The number of benzene rings is 1. The molecule has 0 amide bonds. The minimum Gasteiger partial charge on any atom is -0.288 e. The van der Waals surface area contributed by atoms with Gasteiger partial charge in [-0.3, -0.25) is 4.79 Å². The smallest absolute Gasteiger partial charge is 0.203 e. The highest BCUT2D eigenvalue weighted by atomic mass is 35.5. The molecule has 1 heterocycles. The Morgan fingerprint density at radius 1 is 1.25 bits per heavy atom. The zero-order valence-electron chi connectivity index (χ0n) is 8.46. The molecule has 1 nitrogen and oxygen atoms in total. The largest absolute Gasteiger partial charge is 0.288 e. The standard InChI is InChI=1S/C12H8Cl2OS/c1-7-5-10(16-12(7)14)11(15)8-3-2-4-9(13)6-8/h2-6H,1H3. The van der Waals surface area contributed by atoms with Crippen LogP contribution < -0.4 is 0 Å². The van der Waals surface area contributed by atoms with Crippen LogP contribution in [0.15, 0.2) is 30.3 Å². The van der Waals surface area contributed by atoms with Gasteiger partial charge in [0.25, 0.3) is 0 Å². The van der Waals surface area contributed by atoms with Gasteiger partial charge in [-0.1, -0.05) is 35.3 Å². The minimum absolute atomic E-state index is 0.0394. The number of halogens is 2. The normalized spacial score (nSPS) is 10.4. The van der Waals surface area contributed by atoms with Gasteiger partial charge < -0.3 is 0 Å². The molecule has 82 valence electrons. The van der Waals surface area contributed by atoms with Crippen LogP contribution >= 0.6 is 34.5 Å². The van der Waals surface area contributed by atoms with Gasteiger partial charge in [-0.15, -0.1) is 11.3 Å². The average Bonchev–Trinajstić information content (AvgIpc) is 2.58. The third-order valence-electron chi connectivity index (χ3n) is 2.17. The second-order valence-corrected chi connectivity index (χ2v) is 5.50. The summed E-state index contributed by atoms with van der Waals surface area (Å²) in [6.07, 6.45) is 0. The minimum atomic E-state index is -0.0394. The van der Waals surface area contributed by atoms with Gasteiger partial charge in [0, 0.05) is 10.6 Å². The molecule has 1 aromatic heterocycles. The lowest BCUT2D eigenvalue weighted by Gasteiger charge is -1.97. The fourth-order valence-electron chi connectivity index (χ4n) is 1.34. The number of rotatable bonds is 2. The fraction of sp³-hybridized carbons (Fsp3) is 0.0833. The Morgan fingerprint density at radius 3 is 2.56 bits per heavy atom. The molecule has 0 unspecified atom stereocenters. The van der Waals surface area contributed by atoms with Crippen molar-refractivity contribution in [2.24, 2.45) is 0 Å². The van der Waals surface area contributed by atoms with Gasteiger partial charge in [0.15, 0.2) is 0 Å². The van der Waals surface area contributed by atoms with Crippen LogP contribution in [0.4, 0.5) is 0 Å². The Hall–Kier alpha value is -0.830. The predicted octanol–water partition coefficient (Wildman–Crippen LogP) is 4.59. The fourth-order valence-corrected chi connectivity index (χ4v) is 2.70. The molecule has 2 aromatic rings. The highest BCUT2D eigenvalue weighted by Crippen LogP contribution is 2.28. The average molecular weight is 271 g/mol. The molecule has 0 saturated carbocycles. The Kier molecular flexibility index (Phi) is 3.33. The van der Waals surface area contributed by atoms with Crippen molar-refractivity contribution in [3.05, 3.63) is 55.7 Å². The Bertz CT molecular complexity index is 526. The molecule has 0 aliphatic heterocycles. The molecular formula is C12H8Cl2OS. The second-order valence-electron chi connectivity index (χ2n) is 3.41. The number of carbonyl (C=O) groups excluding carboxylic acids is 1. The van der Waals surface area contributed by atoms with E-state index in [-0.39, 0.29) is 5.78 Å². The van der Waals surface area contributed by atoms with Crippen molar-refractivity contribution in [1.82, 2.24) is 0 Å². The summed E-state index contributed by atoms with van der Waals surface area (Å²) in [5.74, 6) is -0.0394.